The van der Waals surface area contributed by atoms with Gasteiger partial charge in [-0.1, -0.05) is 38.1 Å². The molecule has 162 valence electrons. The minimum absolute atomic E-state index is 0.293. The molecular weight excluding hydrogens is 410 g/mol. The van der Waals surface area contributed by atoms with Gasteiger partial charge in [0.15, 0.2) is 0 Å². The third-order valence-electron chi connectivity index (χ3n) is 4.93. The van der Waals surface area contributed by atoms with Crippen molar-refractivity contribution < 1.29 is 13.2 Å². The van der Waals surface area contributed by atoms with Crippen molar-refractivity contribution >= 4 is 27.3 Å². The summed E-state index contributed by atoms with van der Waals surface area (Å²) >= 11 is 0. The molecule has 0 fully saturated rings. The van der Waals surface area contributed by atoms with Crippen LogP contribution in [0.25, 0.3) is 0 Å². The average molecular weight is 438 g/mol. The van der Waals surface area contributed by atoms with Crippen LogP contribution < -0.4 is 9.62 Å². The van der Waals surface area contributed by atoms with Crippen molar-refractivity contribution in [1.82, 2.24) is 4.98 Å². The van der Waals surface area contributed by atoms with Crippen LogP contribution in [0, 0.1) is 0 Å². The molecule has 1 heterocycles. The minimum atomic E-state index is -3.61. The molecule has 1 aromatic heterocycles. The summed E-state index contributed by atoms with van der Waals surface area (Å²) in [5, 5.41) is 2.78. The van der Waals surface area contributed by atoms with Crippen molar-refractivity contribution in [1.29, 1.82) is 0 Å². The Morgan fingerprint density at radius 3 is 2.06 bits per heavy atom. The van der Waals surface area contributed by atoms with Gasteiger partial charge in [0.05, 0.1) is 11.9 Å². The van der Waals surface area contributed by atoms with Crippen molar-refractivity contribution in [2.75, 3.05) is 22.4 Å². The zero-order valence-electron chi connectivity index (χ0n) is 17.9. The Hall–Kier alpha value is -3.19. The number of aromatic nitrogens is 1. The molecule has 0 aliphatic carbocycles. The summed E-state index contributed by atoms with van der Waals surface area (Å²) in [6.07, 6.45) is 5.39. The zero-order chi connectivity index (χ0) is 22.4. The normalized spacial score (nSPS) is 11.4. The van der Waals surface area contributed by atoms with Crippen molar-refractivity contribution in [2.45, 2.75) is 26.2 Å². The van der Waals surface area contributed by atoms with Gasteiger partial charge in [0.25, 0.3) is 0 Å². The first-order valence-corrected chi connectivity index (χ1v) is 11.9. The molecule has 2 aromatic carbocycles. The van der Waals surface area contributed by atoms with E-state index in [1.807, 2.05) is 48.5 Å². The van der Waals surface area contributed by atoms with E-state index in [1.54, 1.807) is 24.5 Å². The highest BCUT2D eigenvalue weighted by Gasteiger charge is 2.21. The van der Waals surface area contributed by atoms with E-state index in [-0.39, 0.29) is 6.54 Å². The van der Waals surface area contributed by atoms with Crippen molar-refractivity contribution in [3.05, 3.63) is 89.7 Å². The number of carbonyl (C=O) groups is 1. The molecule has 31 heavy (non-hydrogen) atoms. The van der Waals surface area contributed by atoms with Gasteiger partial charge in [0.2, 0.25) is 15.9 Å². The molecule has 1 amide bonds. The number of pyridine rings is 1. The summed E-state index contributed by atoms with van der Waals surface area (Å²) < 4.78 is 25.7. The predicted octanol–water partition coefficient (Wildman–Crippen LogP) is 4.20. The molecule has 0 spiro atoms. The molecule has 0 atom stereocenters. The molecular formula is C24H27N3O3S. The van der Waals surface area contributed by atoms with Gasteiger partial charge in [-0.05, 0) is 65.4 Å². The van der Waals surface area contributed by atoms with E-state index in [0.29, 0.717) is 17.3 Å². The number of anilines is 2. The quantitative estimate of drug-likeness (QED) is 0.573. The van der Waals surface area contributed by atoms with Gasteiger partial charge >= 0.3 is 0 Å². The highest BCUT2D eigenvalue weighted by molar-refractivity contribution is 7.92. The van der Waals surface area contributed by atoms with Crippen LogP contribution in [0.5, 0.6) is 0 Å². The molecule has 1 N–H and O–H groups in total. The first kappa shape index (κ1) is 22.5. The van der Waals surface area contributed by atoms with Crippen molar-refractivity contribution in [3.8, 4) is 0 Å². The fraction of sp³-hybridized carbons (Fsp3) is 0.250. The standard InChI is InChI=1S/C24H27N3O3S/c1-18(2)21-6-10-23(11-7-21)27(31(3,29)30)17-24(28)26-22-8-4-19(5-9-22)16-20-12-14-25-15-13-20/h4-15,18H,16-17H2,1-3H3,(H,26,28). The van der Waals surface area contributed by atoms with Crippen LogP contribution >= 0.6 is 0 Å². The first-order valence-electron chi connectivity index (χ1n) is 10.1. The van der Waals surface area contributed by atoms with Gasteiger partial charge in [-0.15, -0.1) is 0 Å². The van der Waals surface area contributed by atoms with Crippen molar-refractivity contribution in [3.63, 3.8) is 0 Å². The lowest BCUT2D eigenvalue weighted by molar-refractivity contribution is -0.114. The van der Waals surface area contributed by atoms with E-state index >= 15 is 0 Å². The van der Waals surface area contributed by atoms with Gasteiger partial charge < -0.3 is 5.32 Å². The van der Waals surface area contributed by atoms with Crippen LogP contribution in [0.1, 0.15) is 36.5 Å². The average Bonchev–Trinajstić information content (AvgIpc) is 2.73. The Labute approximate surface area is 184 Å². The lowest BCUT2D eigenvalue weighted by Gasteiger charge is -2.22. The van der Waals surface area contributed by atoms with Crippen molar-refractivity contribution in [2.24, 2.45) is 0 Å². The van der Waals surface area contributed by atoms with Gasteiger partial charge in [-0.25, -0.2) is 8.42 Å². The summed E-state index contributed by atoms with van der Waals surface area (Å²) in [6.45, 7) is 3.84. The summed E-state index contributed by atoms with van der Waals surface area (Å²) in [7, 11) is -3.61. The number of amides is 1. The van der Waals surface area contributed by atoms with Crippen LogP contribution in [0.3, 0.4) is 0 Å². The second kappa shape index (κ2) is 9.75. The van der Waals surface area contributed by atoms with Crippen LogP contribution in [0.15, 0.2) is 73.1 Å². The number of hydrogen-bond donors (Lipinski definition) is 1. The smallest absolute Gasteiger partial charge is 0.245 e. The highest BCUT2D eigenvalue weighted by atomic mass is 32.2. The molecule has 3 rings (SSSR count). The molecule has 0 saturated heterocycles. The predicted molar refractivity (Wildman–Crippen MR) is 125 cm³/mol. The Morgan fingerprint density at radius 2 is 1.52 bits per heavy atom. The number of benzene rings is 2. The number of carbonyl (C=O) groups excluding carboxylic acids is 1. The Bertz CT molecular complexity index is 1110. The third kappa shape index (κ3) is 6.39. The monoisotopic (exact) mass is 437 g/mol. The second-order valence-electron chi connectivity index (χ2n) is 7.79. The first-order chi connectivity index (χ1) is 14.7. The maximum atomic E-state index is 12.6. The maximum absolute atomic E-state index is 12.6. The molecule has 0 saturated carbocycles. The fourth-order valence-electron chi connectivity index (χ4n) is 3.20. The van der Waals surface area contributed by atoms with Crippen LogP contribution in [-0.2, 0) is 21.2 Å². The summed E-state index contributed by atoms with van der Waals surface area (Å²) in [4.78, 5) is 16.6. The molecule has 0 bridgehead atoms. The van der Waals surface area contributed by atoms with Crippen LogP contribution in [-0.4, -0.2) is 32.1 Å². The maximum Gasteiger partial charge on any atom is 0.245 e. The summed E-state index contributed by atoms with van der Waals surface area (Å²) in [5.74, 6) is -0.0641. The van der Waals surface area contributed by atoms with E-state index in [0.717, 1.165) is 33.7 Å². The Balaban J connectivity index is 1.67. The van der Waals surface area contributed by atoms with Gasteiger partial charge in [0, 0.05) is 18.1 Å². The van der Waals surface area contributed by atoms with E-state index in [2.05, 4.69) is 24.1 Å². The third-order valence-corrected chi connectivity index (χ3v) is 6.07. The van der Waals surface area contributed by atoms with E-state index < -0.39 is 15.9 Å². The minimum Gasteiger partial charge on any atom is -0.325 e. The fourth-order valence-corrected chi connectivity index (χ4v) is 4.06. The highest BCUT2D eigenvalue weighted by Crippen LogP contribution is 2.22. The number of nitrogens with zero attached hydrogens (tertiary/aromatic N) is 2. The SMILES string of the molecule is CC(C)c1ccc(N(CC(=O)Nc2ccc(Cc3ccncc3)cc2)S(C)(=O)=O)cc1. The van der Waals surface area contributed by atoms with Crippen LogP contribution in [0.2, 0.25) is 0 Å². The Morgan fingerprint density at radius 1 is 0.935 bits per heavy atom. The van der Waals surface area contributed by atoms with Gasteiger partial charge in [-0.3, -0.25) is 14.1 Å². The van der Waals surface area contributed by atoms with Crippen LogP contribution in [0.4, 0.5) is 11.4 Å². The molecule has 6 nitrogen and oxygen atoms in total. The number of sulfonamides is 1. The molecule has 0 unspecified atom stereocenters. The van der Waals surface area contributed by atoms with Gasteiger partial charge in [-0.2, -0.15) is 0 Å². The zero-order valence-corrected chi connectivity index (χ0v) is 18.8. The molecule has 7 heteroatoms. The lowest BCUT2D eigenvalue weighted by Crippen LogP contribution is -2.37. The van der Waals surface area contributed by atoms with Gasteiger partial charge in [0.1, 0.15) is 6.54 Å². The molecule has 0 aliphatic heterocycles. The molecule has 3 aromatic rings. The number of rotatable bonds is 8. The topological polar surface area (TPSA) is 79.4 Å². The Kier molecular flexibility index (Phi) is 7.07. The van der Waals surface area contributed by atoms with E-state index in [4.69, 9.17) is 0 Å². The summed E-state index contributed by atoms with van der Waals surface area (Å²) in [6, 6.07) is 18.7. The largest absolute Gasteiger partial charge is 0.325 e. The summed E-state index contributed by atoms with van der Waals surface area (Å²) in [5.41, 5.74) is 4.45. The molecule has 0 radical (unpaired) electrons. The molecule has 0 aliphatic rings. The van der Waals surface area contributed by atoms with E-state index in [9.17, 15) is 13.2 Å². The number of hydrogen-bond acceptors (Lipinski definition) is 4. The number of nitrogens with one attached hydrogen (secondary N) is 1. The lowest BCUT2D eigenvalue weighted by atomic mass is 10.0. The second-order valence-corrected chi connectivity index (χ2v) is 9.70. The van der Waals surface area contributed by atoms with E-state index in [1.165, 1.54) is 0 Å².